The summed E-state index contributed by atoms with van der Waals surface area (Å²) in [5, 5.41) is 15.7. The van der Waals surface area contributed by atoms with Crippen LogP contribution in [0.4, 0.5) is 4.79 Å². The zero-order valence-electron chi connectivity index (χ0n) is 20.8. The molecule has 1 aromatic rings. The van der Waals surface area contributed by atoms with Crippen LogP contribution < -0.4 is 10.6 Å². The van der Waals surface area contributed by atoms with Crippen molar-refractivity contribution in [3.63, 3.8) is 0 Å². The lowest BCUT2D eigenvalue weighted by molar-refractivity contribution is -0.144. The number of benzene rings is 1. The van der Waals surface area contributed by atoms with Crippen LogP contribution in [-0.4, -0.2) is 58.2 Å². The second-order valence-electron chi connectivity index (χ2n) is 10.6. The molecule has 0 aromatic heterocycles. The van der Waals surface area contributed by atoms with E-state index < -0.39 is 36.3 Å². The van der Waals surface area contributed by atoms with Crippen LogP contribution in [0.3, 0.4) is 0 Å². The van der Waals surface area contributed by atoms with E-state index in [9.17, 15) is 19.5 Å². The normalized spacial score (nSPS) is 22.3. The number of amides is 3. The van der Waals surface area contributed by atoms with Gasteiger partial charge in [-0.1, -0.05) is 56.5 Å². The molecule has 0 saturated heterocycles. The van der Waals surface area contributed by atoms with Gasteiger partial charge in [0.05, 0.1) is 6.61 Å². The Hall–Kier alpha value is -2.61. The Labute approximate surface area is 202 Å². The summed E-state index contributed by atoms with van der Waals surface area (Å²) in [6.45, 7) is 6.60. The zero-order chi connectivity index (χ0) is 24.9. The van der Waals surface area contributed by atoms with E-state index in [1.54, 1.807) is 25.7 Å². The minimum absolute atomic E-state index is 0.0922. The summed E-state index contributed by atoms with van der Waals surface area (Å²) in [6.07, 6.45) is 5.17. The third-order valence-electron chi connectivity index (χ3n) is 6.44. The molecule has 8 nitrogen and oxygen atoms in total. The zero-order valence-corrected chi connectivity index (χ0v) is 20.8. The number of hydrogen-bond acceptors (Lipinski definition) is 5. The molecule has 4 atom stereocenters. The van der Waals surface area contributed by atoms with E-state index in [4.69, 9.17) is 4.74 Å². The molecule has 0 radical (unpaired) electrons. The van der Waals surface area contributed by atoms with Crippen LogP contribution in [0.25, 0.3) is 0 Å². The smallest absolute Gasteiger partial charge is 0.408 e. The summed E-state index contributed by atoms with van der Waals surface area (Å²) in [7, 11) is 0. The molecular formula is C26H39N3O5. The predicted octanol–water partition coefficient (Wildman–Crippen LogP) is 3.30. The highest BCUT2D eigenvalue weighted by atomic mass is 16.6. The van der Waals surface area contributed by atoms with Crippen LogP contribution in [0.1, 0.15) is 77.8 Å². The number of aliphatic hydroxyl groups excluding tert-OH is 1. The minimum atomic E-state index is -1.21. The van der Waals surface area contributed by atoms with E-state index in [0.29, 0.717) is 5.56 Å². The Bertz CT molecular complexity index is 848. The van der Waals surface area contributed by atoms with Gasteiger partial charge in [0.2, 0.25) is 11.8 Å². The van der Waals surface area contributed by atoms with Gasteiger partial charge in [-0.2, -0.15) is 0 Å². The first-order chi connectivity index (χ1) is 16.1. The second-order valence-corrected chi connectivity index (χ2v) is 10.6. The molecule has 2 aliphatic rings. The Balaban J connectivity index is 1.88. The van der Waals surface area contributed by atoms with Gasteiger partial charge in [0.25, 0.3) is 0 Å². The fraction of sp³-hybridized carbons (Fsp3) is 0.654. The summed E-state index contributed by atoms with van der Waals surface area (Å²) in [5.41, 5.74) is -0.0400. The average molecular weight is 474 g/mol. The van der Waals surface area contributed by atoms with Gasteiger partial charge in [0, 0.05) is 12.1 Å². The number of rotatable bonds is 8. The first-order valence-corrected chi connectivity index (χ1v) is 12.4. The first-order valence-electron chi connectivity index (χ1n) is 12.4. The maximum absolute atomic E-state index is 13.7. The molecular weight excluding hydrogens is 434 g/mol. The van der Waals surface area contributed by atoms with Crippen molar-refractivity contribution in [1.29, 1.82) is 0 Å². The van der Waals surface area contributed by atoms with Gasteiger partial charge in [0.1, 0.15) is 17.7 Å². The van der Waals surface area contributed by atoms with Crippen molar-refractivity contribution in [3.8, 4) is 0 Å². The lowest BCUT2D eigenvalue weighted by atomic mass is 9.94. The number of hydrogen-bond donors (Lipinski definition) is 3. The number of carbonyl (C=O) groups excluding carboxylic acids is 3. The van der Waals surface area contributed by atoms with Crippen LogP contribution in [-0.2, 0) is 14.3 Å². The first kappa shape index (κ1) is 26.0. The molecule has 2 fully saturated rings. The molecule has 0 bridgehead atoms. The summed E-state index contributed by atoms with van der Waals surface area (Å²) < 4.78 is 5.28. The number of nitrogens with zero attached hydrogens (tertiary/aromatic N) is 1. The number of alkyl carbamates (subject to hydrolysis) is 1. The molecule has 3 N–H and O–H groups in total. The molecule has 3 amide bonds. The molecule has 0 spiro atoms. The third kappa shape index (κ3) is 6.95. The Morgan fingerprint density at radius 3 is 2.26 bits per heavy atom. The van der Waals surface area contributed by atoms with Crippen molar-refractivity contribution in [1.82, 2.24) is 15.5 Å². The highest BCUT2D eigenvalue weighted by molar-refractivity contribution is 5.92. The van der Waals surface area contributed by atoms with Gasteiger partial charge in [-0.15, -0.1) is 0 Å². The summed E-state index contributed by atoms with van der Waals surface area (Å²) in [6, 6.07) is 7.12. The van der Waals surface area contributed by atoms with Crippen molar-refractivity contribution in [2.75, 3.05) is 6.61 Å². The number of nitrogens with one attached hydrogen (secondary N) is 2. The second kappa shape index (κ2) is 11.2. The van der Waals surface area contributed by atoms with Crippen LogP contribution in [0.5, 0.6) is 0 Å². The van der Waals surface area contributed by atoms with Crippen molar-refractivity contribution >= 4 is 17.9 Å². The fourth-order valence-electron chi connectivity index (χ4n) is 4.59. The van der Waals surface area contributed by atoms with Crippen molar-refractivity contribution < 1.29 is 24.2 Å². The summed E-state index contributed by atoms with van der Waals surface area (Å²) in [4.78, 5) is 41.3. The Morgan fingerprint density at radius 2 is 1.74 bits per heavy atom. The Morgan fingerprint density at radius 1 is 1.12 bits per heavy atom. The largest absolute Gasteiger partial charge is 0.444 e. The van der Waals surface area contributed by atoms with Crippen molar-refractivity contribution in [2.24, 2.45) is 5.92 Å². The molecule has 34 heavy (non-hydrogen) atoms. The highest BCUT2D eigenvalue weighted by Crippen LogP contribution is 2.40. The Kier molecular flexibility index (Phi) is 8.57. The highest BCUT2D eigenvalue weighted by Gasteiger charge is 2.48. The van der Waals surface area contributed by atoms with E-state index in [0.717, 1.165) is 32.1 Å². The minimum Gasteiger partial charge on any atom is -0.444 e. The fourth-order valence-corrected chi connectivity index (χ4v) is 4.59. The number of aliphatic hydroxyl groups is 1. The number of ether oxygens (including phenoxy) is 1. The van der Waals surface area contributed by atoms with Crippen molar-refractivity contribution in [3.05, 3.63) is 35.9 Å². The lowest BCUT2D eigenvalue weighted by Crippen LogP contribution is -2.56. The average Bonchev–Trinajstić information content (AvgIpc) is 3.51. The molecule has 188 valence electrons. The van der Waals surface area contributed by atoms with E-state index in [1.165, 1.54) is 6.42 Å². The van der Waals surface area contributed by atoms with Crippen LogP contribution in [0, 0.1) is 5.92 Å². The molecule has 1 aromatic carbocycles. The van der Waals surface area contributed by atoms with Crippen LogP contribution in [0.2, 0.25) is 0 Å². The van der Waals surface area contributed by atoms with E-state index in [2.05, 4.69) is 10.6 Å². The van der Waals surface area contributed by atoms with Gasteiger partial charge in [-0.25, -0.2) is 4.79 Å². The SMILES string of the molecule is CC1CC1N(C(=O)C(CO)NC(=O)OC(C)(C)C)C(C(=O)NC1CCCCC1)c1ccccc1. The van der Waals surface area contributed by atoms with Crippen LogP contribution >= 0.6 is 0 Å². The predicted molar refractivity (Wildman–Crippen MR) is 129 cm³/mol. The summed E-state index contributed by atoms with van der Waals surface area (Å²) >= 11 is 0. The molecule has 3 rings (SSSR count). The van der Waals surface area contributed by atoms with Gasteiger partial charge in [-0.05, 0) is 51.5 Å². The van der Waals surface area contributed by atoms with Crippen molar-refractivity contribution in [2.45, 2.75) is 96.0 Å². The van der Waals surface area contributed by atoms with Gasteiger partial charge in [0.15, 0.2) is 0 Å². The quantitative estimate of drug-likeness (QED) is 0.537. The maximum Gasteiger partial charge on any atom is 0.408 e. The molecule has 0 heterocycles. The molecule has 0 aliphatic heterocycles. The topological polar surface area (TPSA) is 108 Å². The standard InChI is InChI=1S/C26H39N3O5/c1-17-15-21(17)29(24(32)20(16-30)28-25(33)34-26(2,3)4)22(18-11-7-5-8-12-18)23(31)27-19-13-9-6-10-14-19/h5,7-8,11-12,17,19-22,30H,6,9-10,13-16H2,1-4H3,(H,27,31)(H,28,33). The maximum atomic E-state index is 13.7. The lowest BCUT2D eigenvalue weighted by Gasteiger charge is -2.36. The third-order valence-corrected chi connectivity index (χ3v) is 6.44. The summed E-state index contributed by atoms with van der Waals surface area (Å²) in [5.74, 6) is -0.492. The molecule has 2 aliphatic carbocycles. The number of carbonyl (C=O) groups is 3. The van der Waals surface area contributed by atoms with E-state index >= 15 is 0 Å². The van der Waals surface area contributed by atoms with E-state index in [-0.39, 0.29) is 23.9 Å². The van der Waals surface area contributed by atoms with Gasteiger partial charge < -0.3 is 25.4 Å². The monoisotopic (exact) mass is 473 g/mol. The molecule has 2 saturated carbocycles. The van der Waals surface area contributed by atoms with Crippen LogP contribution in [0.15, 0.2) is 30.3 Å². The van der Waals surface area contributed by atoms with Gasteiger partial charge >= 0.3 is 6.09 Å². The molecule has 4 unspecified atom stereocenters. The molecule has 8 heteroatoms. The van der Waals surface area contributed by atoms with Gasteiger partial charge in [-0.3, -0.25) is 9.59 Å². The van der Waals surface area contributed by atoms with E-state index in [1.807, 2.05) is 37.3 Å².